The molecule has 0 radical (unpaired) electrons. The van der Waals surface area contributed by atoms with Crippen LogP contribution in [-0.4, -0.2) is 25.8 Å². The van der Waals surface area contributed by atoms with E-state index in [1.165, 1.54) is 4.31 Å². The van der Waals surface area contributed by atoms with Crippen LogP contribution in [0.1, 0.15) is 26.7 Å². The van der Waals surface area contributed by atoms with Crippen molar-refractivity contribution in [3.8, 4) is 0 Å². The molecule has 0 bridgehead atoms. The number of nitrogens with two attached hydrogens (primary N) is 1. The highest BCUT2D eigenvalue weighted by molar-refractivity contribution is 7.87. The second-order valence-electron chi connectivity index (χ2n) is 2.52. The Hall–Kier alpha value is -0.170. The summed E-state index contributed by atoms with van der Waals surface area (Å²) in [6.07, 6.45) is 1.59. The molecule has 0 atom stereocenters. The molecule has 5 nitrogen and oxygen atoms in total. The third kappa shape index (κ3) is 3.48. The van der Waals surface area contributed by atoms with Gasteiger partial charge in [0.25, 0.3) is 10.2 Å². The number of nitrogens with one attached hydrogen (secondary N) is 1. The van der Waals surface area contributed by atoms with E-state index in [1.807, 2.05) is 18.7 Å². The standard InChI is InChI=1S/C6H17N3O2S/c1-3-5-9(6-4-2)12(10,11)8-7/h8H,3-7H2,1-2H3. The molecule has 0 rings (SSSR count). The molecule has 0 fully saturated rings. The summed E-state index contributed by atoms with van der Waals surface area (Å²) < 4.78 is 23.7. The van der Waals surface area contributed by atoms with Crippen LogP contribution in [-0.2, 0) is 10.2 Å². The Labute approximate surface area is 74.1 Å². The van der Waals surface area contributed by atoms with E-state index in [1.54, 1.807) is 0 Å². The number of rotatable bonds is 6. The summed E-state index contributed by atoms with van der Waals surface area (Å²) in [6, 6.07) is 0. The number of hydrogen-bond acceptors (Lipinski definition) is 3. The van der Waals surface area contributed by atoms with Crippen molar-refractivity contribution >= 4 is 10.2 Å². The Morgan fingerprint density at radius 1 is 1.25 bits per heavy atom. The van der Waals surface area contributed by atoms with Gasteiger partial charge in [-0.25, -0.2) is 0 Å². The van der Waals surface area contributed by atoms with Gasteiger partial charge in [0.1, 0.15) is 0 Å². The van der Waals surface area contributed by atoms with Crippen molar-refractivity contribution in [1.82, 2.24) is 9.14 Å². The molecule has 0 spiro atoms. The minimum atomic E-state index is -3.42. The van der Waals surface area contributed by atoms with Gasteiger partial charge in [-0.3, -0.25) is 5.84 Å². The lowest BCUT2D eigenvalue weighted by molar-refractivity contribution is 0.402. The van der Waals surface area contributed by atoms with Gasteiger partial charge in [0.15, 0.2) is 0 Å². The first-order valence-electron chi connectivity index (χ1n) is 4.06. The molecule has 74 valence electrons. The molecule has 0 aromatic carbocycles. The molecule has 12 heavy (non-hydrogen) atoms. The fourth-order valence-corrected chi connectivity index (χ4v) is 1.92. The van der Waals surface area contributed by atoms with Crippen LogP contribution < -0.4 is 10.7 Å². The quantitative estimate of drug-likeness (QED) is 0.456. The van der Waals surface area contributed by atoms with Crippen LogP contribution in [0.15, 0.2) is 0 Å². The monoisotopic (exact) mass is 195 g/mol. The number of hydrazine groups is 1. The zero-order chi connectivity index (χ0) is 9.61. The van der Waals surface area contributed by atoms with Gasteiger partial charge >= 0.3 is 0 Å². The molecule has 0 unspecified atom stereocenters. The fraction of sp³-hybridized carbons (Fsp3) is 1.00. The highest BCUT2D eigenvalue weighted by Gasteiger charge is 2.17. The van der Waals surface area contributed by atoms with Gasteiger partial charge in [0.2, 0.25) is 0 Å². The molecule has 0 aliphatic heterocycles. The molecule has 0 amide bonds. The van der Waals surface area contributed by atoms with Gasteiger partial charge in [-0.2, -0.15) is 12.7 Å². The third-order valence-electron chi connectivity index (χ3n) is 1.43. The van der Waals surface area contributed by atoms with Crippen molar-refractivity contribution < 1.29 is 8.42 Å². The third-order valence-corrected chi connectivity index (χ3v) is 2.78. The summed E-state index contributed by atoms with van der Waals surface area (Å²) >= 11 is 0. The molecule has 6 heteroatoms. The van der Waals surface area contributed by atoms with Gasteiger partial charge < -0.3 is 0 Å². The predicted octanol–water partition coefficient (Wildman–Crippen LogP) is -0.183. The maximum Gasteiger partial charge on any atom is 0.292 e. The smallest absolute Gasteiger partial charge is 0.257 e. The van der Waals surface area contributed by atoms with Gasteiger partial charge in [-0.1, -0.05) is 13.8 Å². The Morgan fingerprint density at radius 2 is 1.67 bits per heavy atom. The predicted molar refractivity (Wildman–Crippen MR) is 48.4 cm³/mol. The van der Waals surface area contributed by atoms with Crippen molar-refractivity contribution in [3.63, 3.8) is 0 Å². The van der Waals surface area contributed by atoms with Gasteiger partial charge in [-0.15, -0.1) is 4.83 Å². The van der Waals surface area contributed by atoms with E-state index in [2.05, 4.69) is 0 Å². The molecule has 0 aliphatic rings. The van der Waals surface area contributed by atoms with Crippen molar-refractivity contribution in [2.75, 3.05) is 13.1 Å². The Bertz CT molecular complexity index is 197. The van der Waals surface area contributed by atoms with E-state index in [0.29, 0.717) is 13.1 Å². The SMILES string of the molecule is CCCN(CCC)S(=O)(=O)NN. The summed E-state index contributed by atoms with van der Waals surface area (Å²) in [6.45, 7) is 4.88. The minimum Gasteiger partial charge on any atom is -0.257 e. The van der Waals surface area contributed by atoms with E-state index >= 15 is 0 Å². The van der Waals surface area contributed by atoms with Crippen molar-refractivity contribution in [3.05, 3.63) is 0 Å². The van der Waals surface area contributed by atoms with Crippen molar-refractivity contribution in [1.29, 1.82) is 0 Å². The molecule has 0 heterocycles. The van der Waals surface area contributed by atoms with E-state index in [-0.39, 0.29) is 0 Å². The molecule has 0 aromatic heterocycles. The van der Waals surface area contributed by atoms with Gasteiger partial charge in [0.05, 0.1) is 0 Å². The van der Waals surface area contributed by atoms with E-state index in [0.717, 1.165) is 12.8 Å². The van der Waals surface area contributed by atoms with Crippen molar-refractivity contribution in [2.24, 2.45) is 5.84 Å². The maximum atomic E-state index is 11.2. The van der Waals surface area contributed by atoms with Crippen LogP contribution in [0.25, 0.3) is 0 Å². The first kappa shape index (κ1) is 11.8. The van der Waals surface area contributed by atoms with Crippen LogP contribution in [0.5, 0.6) is 0 Å². The largest absolute Gasteiger partial charge is 0.292 e. The Kier molecular flexibility index (Phi) is 5.39. The number of nitrogens with zero attached hydrogens (tertiary/aromatic N) is 1. The van der Waals surface area contributed by atoms with Crippen LogP contribution >= 0.6 is 0 Å². The molecule has 0 saturated heterocycles. The number of hydrogen-bond donors (Lipinski definition) is 2. The molecular weight excluding hydrogens is 178 g/mol. The topological polar surface area (TPSA) is 75.4 Å². The van der Waals surface area contributed by atoms with Crippen molar-refractivity contribution in [2.45, 2.75) is 26.7 Å². The first-order chi connectivity index (χ1) is 5.58. The lowest BCUT2D eigenvalue weighted by Gasteiger charge is -2.19. The normalized spacial score (nSPS) is 12.3. The summed E-state index contributed by atoms with van der Waals surface area (Å²) in [5.41, 5.74) is 0. The second-order valence-corrected chi connectivity index (χ2v) is 4.22. The molecule has 0 saturated carbocycles. The first-order valence-corrected chi connectivity index (χ1v) is 5.50. The van der Waals surface area contributed by atoms with Gasteiger partial charge in [0, 0.05) is 13.1 Å². The zero-order valence-electron chi connectivity index (χ0n) is 7.58. The average molecular weight is 195 g/mol. The Morgan fingerprint density at radius 3 is 1.92 bits per heavy atom. The summed E-state index contributed by atoms with van der Waals surface area (Å²) in [4.78, 5) is 1.81. The second kappa shape index (κ2) is 5.47. The minimum absolute atomic E-state index is 0.514. The molecular formula is C6H17N3O2S. The lowest BCUT2D eigenvalue weighted by atomic mass is 10.4. The fourth-order valence-electron chi connectivity index (χ4n) is 0.925. The molecule has 0 aliphatic carbocycles. The van der Waals surface area contributed by atoms with E-state index in [9.17, 15) is 8.42 Å². The van der Waals surface area contributed by atoms with Crippen LogP contribution in [0.3, 0.4) is 0 Å². The molecule has 0 aromatic rings. The van der Waals surface area contributed by atoms with Crippen LogP contribution in [0, 0.1) is 0 Å². The van der Waals surface area contributed by atoms with E-state index in [4.69, 9.17) is 5.84 Å². The summed E-state index contributed by atoms with van der Waals surface area (Å²) in [5, 5.41) is 0. The highest BCUT2D eigenvalue weighted by Crippen LogP contribution is 1.99. The Balaban J connectivity index is 4.28. The van der Waals surface area contributed by atoms with E-state index < -0.39 is 10.2 Å². The van der Waals surface area contributed by atoms with Crippen LogP contribution in [0.4, 0.5) is 0 Å². The molecule has 3 N–H and O–H groups in total. The summed E-state index contributed by atoms with van der Waals surface area (Å²) in [5.74, 6) is 4.89. The maximum absolute atomic E-state index is 11.2. The zero-order valence-corrected chi connectivity index (χ0v) is 8.39. The van der Waals surface area contributed by atoms with Gasteiger partial charge in [-0.05, 0) is 12.8 Å². The average Bonchev–Trinajstić information content (AvgIpc) is 2.04. The van der Waals surface area contributed by atoms with Crippen LogP contribution in [0.2, 0.25) is 0 Å². The highest BCUT2D eigenvalue weighted by atomic mass is 32.2. The lowest BCUT2D eigenvalue weighted by Crippen LogP contribution is -2.44. The summed E-state index contributed by atoms with van der Waals surface area (Å²) in [7, 11) is -3.42.